The van der Waals surface area contributed by atoms with Gasteiger partial charge in [-0.15, -0.1) is 5.10 Å². The van der Waals surface area contributed by atoms with Crippen LogP contribution < -0.4 is 15.8 Å². The minimum Gasteiger partial charge on any atom is -0.486 e. The van der Waals surface area contributed by atoms with E-state index in [1.807, 2.05) is 0 Å². The topological polar surface area (TPSA) is 162 Å². The minimum atomic E-state index is -1.27. The van der Waals surface area contributed by atoms with Crippen LogP contribution in [0, 0.1) is 0 Å². The molecule has 2 rings (SSSR count). The smallest absolute Gasteiger partial charge is 0.326 e. The molecule has 0 aliphatic heterocycles. The first-order valence-corrected chi connectivity index (χ1v) is 8.17. The molecule has 0 bridgehead atoms. The fourth-order valence-corrected chi connectivity index (χ4v) is 2.17. The summed E-state index contributed by atoms with van der Waals surface area (Å²) in [5.41, 5.74) is 4.99. The molecule has 0 radical (unpaired) electrons. The first-order valence-electron chi connectivity index (χ1n) is 7.79. The second-order valence-corrected chi connectivity index (χ2v) is 5.90. The molecule has 0 aliphatic carbocycles. The number of amides is 2. The van der Waals surface area contributed by atoms with Gasteiger partial charge in [-0.2, -0.15) is 0 Å². The molecule has 1 atom stereocenters. The maximum atomic E-state index is 12.1. The van der Waals surface area contributed by atoms with Gasteiger partial charge in [0.25, 0.3) is 0 Å². The average Bonchev–Trinajstić information content (AvgIpc) is 3.04. The Morgan fingerprint density at radius 1 is 1.30 bits per heavy atom. The summed E-state index contributed by atoms with van der Waals surface area (Å²) in [4.78, 5) is 34.0. The van der Waals surface area contributed by atoms with E-state index >= 15 is 0 Å². The lowest BCUT2D eigenvalue weighted by molar-refractivity contribution is -0.142. The van der Waals surface area contributed by atoms with E-state index < -0.39 is 23.8 Å². The summed E-state index contributed by atoms with van der Waals surface area (Å²) in [6.07, 6.45) is -0.277. The molecule has 0 saturated carbocycles. The predicted molar refractivity (Wildman–Crippen MR) is 91.6 cm³/mol. The molecule has 1 unspecified atom stereocenters. The van der Waals surface area contributed by atoms with Crippen molar-refractivity contribution in [3.8, 4) is 5.75 Å². The molecule has 1 aromatic carbocycles. The lowest BCUT2D eigenvalue weighted by Gasteiger charge is -2.14. The van der Waals surface area contributed by atoms with Gasteiger partial charge >= 0.3 is 5.97 Å². The summed E-state index contributed by atoms with van der Waals surface area (Å²) >= 11 is 5.79. The monoisotopic (exact) mass is 396 g/mol. The second-order valence-electron chi connectivity index (χ2n) is 5.46. The van der Waals surface area contributed by atoms with Crippen molar-refractivity contribution in [2.75, 3.05) is 0 Å². The number of nitrogens with zero attached hydrogens (tertiary/aromatic N) is 4. The van der Waals surface area contributed by atoms with Crippen LogP contribution in [-0.2, 0) is 27.5 Å². The normalized spacial score (nSPS) is 11.6. The van der Waals surface area contributed by atoms with Crippen molar-refractivity contribution < 1.29 is 24.2 Å². The van der Waals surface area contributed by atoms with Crippen molar-refractivity contribution in [3.63, 3.8) is 0 Å². The number of carbonyl (C=O) groups excluding carboxylic acids is 2. The van der Waals surface area contributed by atoms with Crippen molar-refractivity contribution in [2.24, 2.45) is 5.73 Å². The maximum absolute atomic E-state index is 12.1. The van der Waals surface area contributed by atoms with E-state index in [4.69, 9.17) is 27.2 Å². The number of nitrogens with two attached hydrogens (primary N) is 1. The summed E-state index contributed by atoms with van der Waals surface area (Å²) < 4.78 is 6.69. The number of ether oxygens (including phenoxy) is 1. The van der Waals surface area contributed by atoms with Crippen LogP contribution in [0.5, 0.6) is 5.75 Å². The molecule has 27 heavy (non-hydrogen) atoms. The van der Waals surface area contributed by atoms with E-state index in [0.717, 1.165) is 0 Å². The van der Waals surface area contributed by atoms with Crippen LogP contribution >= 0.6 is 11.6 Å². The number of carbonyl (C=O) groups is 3. The third-order valence-electron chi connectivity index (χ3n) is 3.39. The summed E-state index contributed by atoms with van der Waals surface area (Å²) in [7, 11) is 0. The number of benzene rings is 1. The first kappa shape index (κ1) is 20.1. The zero-order chi connectivity index (χ0) is 19.8. The highest BCUT2D eigenvalue weighted by molar-refractivity contribution is 6.30. The molecule has 1 heterocycles. The first-order chi connectivity index (χ1) is 12.8. The van der Waals surface area contributed by atoms with E-state index in [9.17, 15) is 14.4 Å². The number of hydrogen-bond acceptors (Lipinski definition) is 7. The van der Waals surface area contributed by atoms with Crippen LogP contribution in [0.25, 0.3) is 0 Å². The standard InChI is InChI=1S/C15H17ClN6O5/c16-9-1-3-10(4-2-9)27-8-13-19-20-21-22(13)7-14(24)18-11(15(25)26)5-6-12(17)23/h1-4,11H,5-8H2,(H2,17,23)(H,18,24)(H,25,26). The van der Waals surface area contributed by atoms with Crippen molar-refractivity contribution in [1.29, 1.82) is 0 Å². The van der Waals surface area contributed by atoms with Gasteiger partial charge in [-0.3, -0.25) is 9.59 Å². The van der Waals surface area contributed by atoms with E-state index in [0.29, 0.717) is 10.8 Å². The molecule has 0 saturated heterocycles. The van der Waals surface area contributed by atoms with Gasteiger partial charge in [0.05, 0.1) is 0 Å². The number of halogens is 1. The summed E-state index contributed by atoms with van der Waals surface area (Å²) in [5.74, 6) is -1.75. The average molecular weight is 397 g/mol. The van der Waals surface area contributed by atoms with E-state index in [-0.39, 0.29) is 31.8 Å². The van der Waals surface area contributed by atoms with E-state index in [1.165, 1.54) is 4.68 Å². The Balaban J connectivity index is 1.92. The number of nitrogens with one attached hydrogen (secondary N) is 1. The highest BCUT2D eigenvalue weighted by atomic mass is 35.5. The Morgan fingerprint density at radius 2 is 2.00 bits per heavy atom. The molecule has 1 aromatic heterocycles. The lowest BCUT2D eigenvalue weighted by atomic mass is 10.1. The van der Waals surface area contributed by atoms with Crippen molar-refractivity contribution in [1.82, 2.24) is 25.5 Å². The molecule has 2 aromatic rings. The maximum Gasteiger partial charge on any atom is 0.326 e. The molecular formula is C15H17ClN6O5. The zero-order valence-corrected chi connectivity index (χ0v) is 14.8. The highest BCUT2D eigenvalue weighted by Gasteiger charge is 2.21. The lowest BCUT2D eigenvalue weighted by Crippen LogP contribution is -2.43. The van der Waals surface area contributed by atoms with Crippen molar-refractivity contribution in [2.45, 2.75) is 32.0 Å². The minimum absolute atomic E-state index is 0.00799. The predicted octanol–water partition coefficient (Wildman–Crippen LogP) is -0.260. The number of tetrazole rings is 1. The largest absolute Gasteiger partial charge is 0.486 e. The third kappa shape index (κ3) is 6.55. The zero-order valence-electron chi connectivity index (χ0n) is 14.0. The fourth-order valence-electron chi connectivity index (χ4n) is 2.05. The van der Waals surface area contributed by atoms with Crippen LogP contribution in [0.4, 0.5) is 0 Å². The van der Waals surface area contributed by atoms with Gasteiger partial charge in [0.1, 0.15) is 24.9 Å². The van der Waals surface area contributed by atoms with Gasteiger partial charge in [0, 0.05) is 11.4 Å². The number of carboxylic acids is 1. The van der Waals surface area contributed by atoms with Crippen molar-refractivity contribution in [3.05, 3.63) is 35.1 Å². The number of aliphatic carboxylic acids is 1. The molecule has 0 spiro atoms. The van der Waals surface area contributed by atoms with Crippen LogP contribution in [0.3, 0.4) is 0 Å². The van der Waals surface area contributed by atoms with E-state index in [2.05, 4.69) is 20.8 Å². The van der Waals surface area contributed by atoms with Gasteiger partial charge in [0.2, 0.25) is 11.8 Å². The Kier molecular flexibility index (Phi) is 7.06. The Hall–Kier alpha value is -3.21. The fraction of sp³-hybridized carbons (Fsp3) is 0.333. The third-order valence-corrected chi connectivity index (χ3v) is 3.65. The Bertz CT molecular complexity index is 809. The summed E-state index contributed by atoms with van der Waals surface area (Å²) in [5, 5.41) is 22.9. The molecule has 11 nitrogen and oxygen atoms in total. The molecule has 144 valence electrons. The van der Waals surface area contributed by atoms with Gasteiger partial charge in [-0.05, 0) is 41.1 Å². The van der Waals surface area contributed by atoms with Crippen molar-refractivity contribution >= 4 is 29.4 Å². The summed E-state index contributed by atoms with van der Waals surface area (Å²) in [6.45, 7) is -0.321. The quantitative estimate of drug-likeness (QED) is 0.494. The highest BCUT2D eigenvalue weighted by Crippen LogP contribution is 2.16. The van der Waals surface area contributed by atoms with Crippen LogP contribution in [0.2, 0.25) is 5.02 Å². The molecule has 0 fully saturated rings. The molecule has 0 aliphatic rings. The van der Waals surface area contributed by atoms with Gasteiger partial charge < -0.3 is 20.9 Å². The number of carboxylic acid groups (broad SMARTS) is 1. The number of aromatic nitrogens is 4. The van der Waals surface area contributed by atoms with Crippen LogP contribution in [0.15, 0.2) is 24.3 Å². The second kappa shape index (κ2) is 9.48. The molecule has 2 amide bonds. The summed E-state index contributed by atoms with van der Waals surface area (Å²) in [6, 6.07) is 5.41. The van der Waals surface area contributed by atoms with Gasteiger partial charge in [-0.1, -0.05) is 11.6 Å². The van der Waals surface area contributed by atoms with Gasteiger partial charge in [-0.25, -0.2) is 9.48 Å². The number of hydrogen-bond donors (Lipinski definition) is 3. The number of primary amides is 1. The SMILES string of the molecule is NC(=O)CCC(NC(=O)Cn1nnnc1COc1ccc(Cl)cc1)C(=O)O. The number of rotatable bonds is 10. The van der Waals surface area contributed by atoms with Crippen LogP contribution in [0.1, 0.15) is 18.7 Å². The molecule has 12 heteroatoms. The van der Waals surface area contributed by atoms with Gasteiger partial charge in [0.15, 0.2) is 5.82 Å². The Morgan fingerprint density at radius 3 is 2.63 bits per heavy atom. The molecule has 4 N–H and O–H groups in total. The molecular weight excluding hydrogens is 380 g/mol. The van der Waals surface area contributed by atoms with Crippen LogP contribution in [-0.4, -0.2) is 49.1 Å². The Labute approximate surface area is 158 Å². The van der Waals surface area contributed by atoms with E-state index in [1.54, 1.807) is 24.3 Å².